The second-order valence-electron chi connectivity index (χ2n) is 8.72. The lowest BCUT2D eigenvalue weighted by Crippen LogP contribution is -2.30. The Kier molecular flexibility index (Phi) is 7.02. The Balaban J connectivity index is 1.26. The molecule has 0 aromatic heterocycles. The summed E-state index contributed by atoms with van der Waals surface area (Å²) in [5, 5.41) is 0. The van der Waals surface area contributed by atoms with Crippen molar-refractivity contribution in [3.05, 3.63) is 54.1 Å². The lowest BCUT2D eigenvalue weighted by atomic mass is 10.1. The molecular formula is C25H30N2O5S. The van der Waals surface area contributed by atoms with Crippen LogP contribution in [-0.2, 0) is 25.8 Å². The van der Waals surface area contributed by atoms with Crippen molar-refractivity contribution in [1.82, 2.24) is 4.90 Å². The zero-order valence-corrected chi connectivity index (χ0v) is 19.7. The summed E-state index contributed by atoms with van der Waals surface area (Å²) in [6, 6.07) is 14.5. The van der Waals surface area contributed by atoms with Crippen LogP contribution in [0.25, 0.3) is 0 Å². The van der Waals surface area contributed by atoms with E-state index in [0.717, 1.165) is 29.8 Å². The average molecular weight is 471 g/mol. The van der Waals surface area contributed by atoms with Crippen LogP contribution in [0.2, 0.25) is 0 Å². The minimum atomic E-state index is -3.57. The maximum atomic E-state index is 12.8. The normalized spacial score (nSPS) is 17.8. The van der Waals surface area contributed by atoms with Gasteiger partial charge in [0.2, 0.25) is 11.8 Å². The number of anilines is 1. The lowest BCUT2D eigenvalue weighted by molar-refractivity contribution is -0.129. The maximum Gasteiger partial charge on any atom is 0.223 e. The zero-order valence-electron chi connectivity index (χ0n) is 18.9. The number of hydrogen-bond donors (Lipinski definition) is 0. The molecule has 33 heavy (non-hydrogen) atoms. The first kappa shape index (κ1) is 23.3. The monoisotopic (exact) mass is 470 g/mol. The van der Waals surface area contributed by atoms with E-state index in [0.29, 0.717) is 38.6 Å². The summed E-state index contributed by atoms with van der Waals surface area (Å²) < 4.78 is 31.4. The minimum Gasteiger partial charge on any atom is -0.494 e. The predicted molar refractivity (Wildman–Crippen MR) is 126 cm³/mol. The fourth-order valence-electron chi connectivity index (χ4n) is 4.55. The fraction of sp³-hybridized carbons (Fsp3) is 0.440. The van der Waals surface area contributed by atoms with Crippen LogP contribution < -0.4 is 9.64 Å². The Labute approximate surface area is 195 Å². The molecule has 1 fully saturated rings. The van der Waals surface area contributed by atoms with Gasteiger partial charge >= 0.3 is 0 Å². The summed E-state index contributed by atoms with van der Waals surface area (Å²) in [7, 11) is -3.57. The molecule has 2 heterocycles. The molecule has 2 aliphatic heterocycles. The quantitative estimate of drug-likeness (QED) is 0.592. The summed E-state index contributed by atoms with van der Waals surface area (Å²) in [5.41, 5.74) is 1.63. The predicted octanol–water partition coefficient (Wildman–Crippen LogP) is 3.08. The van der Waals surface area contributed by atoms with Gasteiger partial charge < -0.3 is 14.5 Å². The van der Waals surface area contributed by atoms with Crippen molar-refractivity contribution in [2.75, 3.05) is 36.9 Å². The summed E-state index contributed by atoms with van der Waals surface area (Å²) in [5.74, 6) is 0.836. The third-order valence-electron chi connectivity index (χ3n) is 6.45. The van der Waals surface area contributed by atoms with Gasteiger partial charge in [-0.3, -0.25) is 9.59 Å². The molecule has 2 aromatic carbocycles. The van der Waals surface area contributed by atoms with Crippen LogP contribution in [0.5, 0.6) is 5.75 Å². The first-order chi connectivity index (χ1) is 15.8. The summed E-state index contributed by atoms with van der Waals surface area (Å²) in [4.78, 5) is 28.0. The molecule has 8 heteroatoms. The highest BCUT2D eigenvalue weighted by Crippen LogP contribution is 2.31. The topological polar surface area (TPSA) is 84.0 Å². The Morgan fingerprint density at radius 3 is 2.64 bits per heavy atom. The van der Waals surface area contributed by atoms with Gasteiger partial charge in [-0.25, -0.2) is 8.42 Å². The molecule has 0 N–H and O–H groups in total. The van der Waals surface area contributed by atoms with E-state index in [-0.39, 0.29) is 28.9 Å². The number of sulfone groups is 1. The van der Waals surface area contributed by atoms with Crippen LogP contribution >= 0.6 is 0 Å². The van der Waals surface area contributed by atoms with Gasteiger partial charge in [0.1, 0.15) is 5.75 Å². The van der Waals surface area contributed by atoms with Crippen LogP contribution in [0, 0.1) is 5.92 Å². The molecule has 4 rings (SSSR count). The van der Waals surface area contributed by atoms with Crippen molar-refractivity contribution < 1.29 is 22.7 Å². The van der Waals surface area contributed by atoms with Crippen LogP contribution in [0.1, 0.15) is 31.7 Å². The van der Waals surface area contributed by atoms with Gasteiger partial charge in [-0.1, -0.05) is 18.2 Å². The van der Waals surface area contributed by atoms with E-state index < -0.39 is 9.84 Å². The summed E-state index contributed by atoms with van der Waals surface area (Å²) in [6.45, 7) is 3.99. The number of amides is 2. The van der Waals surface area contributed by atoms with Crippen molar-refractivity contribution in [3.63, 3.8) is 0 Å². The second-order valence-corrected chi connectivity index (χ2v) is 10.8. The molecule has 1 saturated heterocycles. The number of hydrogen-bond acceptors (Lipinski definition) is 5. The van der Waals surface area contributed by atoms with Crippen molar-refractivity contribution >= 4 is 27.3 Å². The molecule has 0 spiro atoms. The van der Waals surface area contributed by atoms with Gasteiger partial charge in [-0.15, -0.1) is 0 Å². The van der Waals surface area contributed by atoms with Gasteiger partial charge in [-0.2, -0.15) is 0 Å². The number of benzene rings is 2. The molecule has 7 nitrogen and oxygen atoms in total. The molecular weight excluding hydrogens is 440 g/mol. The molecule has 176 valence electrons. The second kappa shape index (κ2) is 9.95. The lowest BCUT2D eigenvalue weighted by Gasteiger charge is -2.17. The van der Waals surface area contributed by atoms with Crippen LogP contribution in [-0.4, -0.2) is 57.1 Å². The Bertz CT molecular complexity index is 1120. The van der Waals surface area contributed by atoms with E-state index in [1.165, 1.54) is 6.92 Å². The number of carbonyl (C=O) groups excluding carboxylic acids is 2. The molecule has 0 aliphatic carbocycles. The van der Waals surface area contributed by atoms with E-state index in [1.54, 1.807) is 28.0 Å². The van der Waals surface area contributed by atoms with E-state index in [4.69, 9.17) is 4.74 Å². The Morgan fingerprint density at radius 2 is 1.88 bits per heavy atom. The Morgan fingerprint density at radius 1 is 1.09 bits per heavy atom. The number of ether oxygens (including phenoxy) is 1. The van der Waals surface area contributed by atoms with Gasteiger partial charge in [0, 0.05) is 38.7 Å². The largest absolute Gasteiger partial charge is 0.494 e. The highest BCUT2D eigenvalue weighted by Gasteiger charge is 2.28. The number of likely N-dealkylation sites (tertiary alicyclic amines) is 1. The fourth-order valence-corrected chi connectivity index (χ4v) is 5.83. The van der Waals surface area contributed by atoms with Gasteiger partial charge in [0.15, 0.2) is 9.84 Å². The standard InChI is InChI=1S/C25H30N2O5S/c1-19(28)27-14-10-21-17-23(7-8-24(21)27)33(30,31)16-12-25(29)26-13-9-20(18-26)11-15-32-22-5-3-2-4-6-22/h2-8,17,20H,9-16,18H2,1H3. The number of nitrogens with zero attached hydrogens (tertiary/aromatic N) is 2. The molecule has 2 aliphatic rings. The molecule has 1 atom stereocenters. The van der Waals surface area contributed by atoms with Crippen molar-refractivity contribution in [1.29, 1.82) is 0 Å². The number of para-hydroxylation sites is 1. The number of rotatable bonds is 8. The smallest absolute Gasteiger partial charge is 0.223 e. The highest BCUT2D eigenvalue weighted by atomic mass is 32.2. The van der Waals surface area contributed by atoms with Crippen molar-refractivity contribution in [2.24, 2.45) is 5.92 Å². The SMILES string of the molecule is CC(=O)N1CCc2cc(S(=O)(=O)CCC(=O)N3CCC(CCOc4ccccc4)C3)ccc21. The molecule has 0 radical (unpaired) electrons. The van der Waals surface area contributed by atoms with Crippen LogP contribution in [0.15, 0.2) is 53.4 Å². The van der Waals surface area contributed by atoms with Gasteiger partial charge in [0.05, 0.1) is 17.3 Å². The summed E-state index contributed by atoms with van der Waals surface area (Å²) in [6.07, 6.45) is 2.39. The van der Waals surface area contributed by atoms with E-state index in [1.807, 2.05) is 30.3 Å². The average Bonchev–Trinajstić information content (AvgIpc) is 3.45. The van der Waals surface area contributed by atoms with Crippen LogP contribution in [0.3, 0.4) is 0 Å². The Hall–Kier alpha value is -2.87. The van der Waals surface area contributed by atoms with Crippen LogP contribution in [0.4, 0.5) is 5.69 Å². The molecule has 1 unspecified atom stereocenters. The zero-order chi connectivity index (χ0) is 23.4. The maximum absolute atomic E-state index is 12.8. The molecule has 0 bridgehead atoms. The first-order valence-electron chi connectivity index (χ1n) is 11.4. The third-order valence-corrected chi connectivity index (χ3v) is 8.16. The van der Waals surface area contributed by atoms with E-state index in [9.17, 15) is 18.0 Å². The third kappa shape index (κ3) is 5.55. The molecule has 2 amide bonds. The van der Waals surface area contributed by atoms with Crippen molar-refractivity contribution in [3.8, 4) is 5.75 Å². The highest BCUT2D eigenvalue weighted by molar-refractivity contribution is 7.91. The van der Waals surface area contributed by atoms with E-state index >= 15 is 0 Å². The van der Waals surface area contributed by atoms with Gasteiger partial charge in [-0.05, 0) is 61.1 Å². The number of carbonyl (C=O) groups is 2. The first-order valence-corrected chi connectivity index (χ1v) is 13.1. The molecule has 0 saturated carbocycles. The van der Waals surface area contributed by atoms with E-state index in [2.05, 4.69) is 0 Å². The summed E-state index contributed by atoms with van der Waals surface area (Å²) >= 11 is 0. The molecule has 2 aromatic rings. The minimum absolute atomic E-state index is 0.0216. The van der Waals surface area contributed by atoms with Crippen molar-refractivity contribution in [2.45, 2.75) is 37.5 Å². The number of fused-ring (bicyclic) bond motifs is 1. The van der Waals surface area contributed by atoms with Gasteiger partial charge in [0.25, 0.3) is 0 Å².